The number of halogens is 1. The molecule has 0 unspecified atom stereocenters. The molecule has 0 saturated heterocycles. The molecule has 0 aliphatic rings. The molecule has 2 aromatic carbocycles. The fraction of sp³-hybridized carbons (Fsp3) is 0.100. The van der Waals surface area contributed by atoms with Crippen LogP contribution in [0, 0.1) is 0 Å². The van der Waals surface area contributed by atoms with E-state index in [1.54, 1.807) is 42.5 Å². The number of carbonyl (C=O) groups is 2. The molecule has 2 amide bonds. The number of anilines is 2. The zero-order chi connectivity index (χ0) is 19.1. The van der Waals surface area contributed by atoms with Crippen molar-refractivity contribution in [1.82, 2.24) is 5.32 Å². The topological polar surface area (TPSA) is 83.4 Å². The molecule has 3 aromatic rings. The number of hydrogen-bond acceptors (Lipinski definition) is 4. The Labute approximate surface area is 161 Å². The Morgan fingerprint density at radius 3 is 2.44 bits per heavy atom. The molecule has 1 heterocycles. The van der Waals surface area contributed by atoms with Crippen molar-refractivity contribution in [3.05, 3.63) is 83.3 Å². The molecule has 0 aliphatic heterocycles. The third-order valence-electron chi connectivity index (χ3n) is 3.71. The van der Waals surface area contributed by atoms with Crippen molar-refractivity contribution < 1.29 is 14.0 Å². The lowest BCUT2D eigenvalue weighted by Crippen LogP contribution is -2.27. The lowest BCUT2D eigenvalue weighted by atomic mass is 10.2. The molecule has 3 rings (SSSR count). The number of hydrogen-bond donors (Lipinski definition) is 3. The minimum atomic E-state index is -0.357. The van der Waals surface area contributed by atoms with Gasteiger partial charge in [0.1, 0.15) is 0 Å². The molecule has 0 aliphatic carbocycles. The first-order valence-electron chi connectivity index (χ1n) is 8.31. The van der Waals surface area contributed by atoms with Crippen molar-refractivity contribution in [2.45, 2.75) is 6.54 Å². The quantitative estimate of drug-likeness (QED) is 0.577. The van der Waals surface area contributed by atoms with Crippen LogP contribution in [0.4, 0.5) is 11.4 Å². The Morgan fingerprint density at radius 1 is 0.926 bits per heavy atom. The molecular formula is C20H18ClN3O3. The summed E-state index contributed by atoms with van der Waals surface area (Å²) in [5.41, 5.74) is 2.06. The lowest BCUT2D eigenvalue weighted by Gasteiger charge is -2.09. The summed E-state index contributed by atoms with van der Waals surface area (Å²) < 4.78 is 5.05. The van der Waals surface area contributed by atoms with Crippen LogP contribution in [-0.2, 0) is 11.3 Å². The highest BCUT2D eigenvalue weighted by molar-refractivity contribution is 6.31. The van der Waals surface area contributed by atoms with Gasteiger partial charge in [-0.15, -0.1) is 0 Å². The van der Waals surface area contributed by atoms with Crippen molar-refractivity contribution in [3.63, 3.8) is 0 Å². The van der Waals surface area contributed by atoms with Crippen LogP contribution in [0.2, 0.25) is 5.02 Å². The average Bonchev–Trinajstić information content (AvgIpc) is 3.18. The summed E-state index contributed by atoms with van der Waals surface area (Å²) in [6.45, 7) is 0.626. The molecule has 138 valence electrons. The van der Waals surface area contributed by atoms with Crippen LogP contribution in [0.15, 0.2) is 71.3 Å². The minimum Gasteiger partial charge on any atom is -0.459 e. The van der Waals surface area contributed by atoms with Gasteiger partial charge >= 0.3 is 0 Å². The molecule has 6 nitrogen and oxygen atoms in total. The Kier molecular flexibility index (Phi) is 6.25. The van der Waals surface area contributed by atoms with Gasteiger partial charge in [-0.2, -0.15) is 0 Å². The van der Waals surface area contributed by atoms with Crippen molar-refractivity contribution in [2.24, 2.45) is 0 Å². The zero-order valence-corrected chi connectivity index (χ0v) is 15.1. The zero-order valence-electron chi connectivity index (χ0n) is 14.4. The summed E-state index contributed by atoms with van der Waals surface area (Å²) in [5.74, 6) is -0.338. The van der Waals surface area contributed by atoms with E-state index in [1.165, 1.54) is 6.26 Å². The SMILES string of the molecule is O=C(CNCc1ccccc1Cl)Nc1cccc(NC(=O)c2ccco2)c1. The van der Waals surface area contributed by atoms with Crippen LogP contribution in [-0.4, -0.2) is 18.4 Å². The Morgan fingerprint density at radius 2 is 1.70 bits per heavy atom. The van der Waals surface area contributed by atoms with E-state index in [0.717, 1.165) is 5.56 Å². The number of amides is 2. The first kappa shape index (κ1) is 18.7. The average molecular weight is 384 g/mol. The van der Waals surface area contributed by atoms with E-state index in [0.29, 0.717) is 22.9 Å². The Balaban J connectivity index is 1.50. The van der Waals surface area contributed by atoms with Gasteiger partial charge in [0.05, 0.1) is 12.8 Å². The highest BCUT2D eigenvalue weighted by atomic mass is 35.5. The number of benzene rings is 2. The second kappa shape index (κ2) is 9.02. The highest BCUT2D eigenvalue weighted by Gasteiger charge is 2.09. The van der Waals surface area contributed by atoms with Crippen molar-refractivity contribution >= 4 is 34.8 Å². The maximum Gasteiger partial charge on any atom is 0.291 e. The smallest absolute Gasteiger partial charge is 0.291 e. The molecule has 7 heteroatoms. The molecule has 1 aromatic heterocycles. The monoisotopic (exact) mass is 383 g/mol. The predicted molar refractivity (Wildman–Crippen MR) is 105 cm³/mol. The van der Waals surface area contributed by atoms with Crippen LogP contribution in [0.25, 0.3) is 0 Å². The van der Waals surface area contributed by atoms with E-state index < -0.39 is 0 Å². The fourth-order valence-corrected chi connectivity index (χ4v) is 2.64. The summed E-state index contributed by atoms with van der Waals surface area (Å²) in [7, 11) is 0. The van der Waals surface area contributed by atoms with Gasteiger partial charge in [-0.05, 0) is 42.0 Å². The van der Waals surface area contributed by atoms with Gasteiger partial charge in [0.25, 0.3) is 5.91 Å². The molecule has 0 bridgehead atoms. The highest BCUT2D eigenvalue weighted by Crippen LogP contribution is 2.17. The molecule has 0 spiro atoms. The summed E-state index contributed by atoms with van der Waals surface area (Å²) in [6.07, 6.45) is 1.43. The van der Waals surface area contributed by atoms with Crippen molar-refractivity contribution in [1.29, 1.82) is 0 Å². The van der Waals surface area contributed by atoms with Crippen LogP contribution >= 0.6 is 11.6 Å². The van der Waals surface area contributed by atoms with Gasteiger partial charge in [-0.25, -0.2) is 0 Å². The van der Waals surface area contributed by atoms with Gasteiger partial charge in [0, 0.05) is 22.9 Å². The minimum absolute atomic E-state index is 0.133. The van der Waals surface area contributed by atoms with Crippen molar-refractivity contribution in [3.8, 4) is 0 Å². The standard InChI is InChI=1S/C20H18ClN3O3/c21-17-8-2-1-5-14(17)12-22-13-19(25)23-15-6-3-7-16(11-15)24-20(26)18-9-4-10-27-18/h1-11,22H,12-13H2,(H,23,25)(H,24,26). The second-order valence-electron chi connectivity index (χ2n) is 5.76. The lowest BCUT2D eigenvalue weighted by molar-refractivity contribution is -0.115. The van der Waals surface area contributed by atoms with Gasteiger partial charge in [-0.3, -0.25) is 9.59 Å². The third-order valence-corrected chi connectivity index (χ3v) is 4.08. The van der Waals surface area contributed by atoms with Crippen LogP contribution in [0.3, 0.4) is 0 Å². The normalized spacial score (nSPS) is 10.4. The molecule has 0 saturated carbocycles. The van der Waals surface area contributed by atoms with E-state index in [-0.39, 0.29) is 24.1 Å². The van der Waals surface area contributed by atoms with Gasteiger partial charge in [0.2, 0.25) is 5.91 Å². The molecule has 3 N–H and O–H groups in total. The summed E-state index contributed by atoms with van der Waals surface area (Å²) in [6, 6.07) is 17.6. The third kappa shape index (κ3) is 5.44. The molecule has 0 radical (unpaired) electrons. The van der Waals surface area contributed by atoms with E-state index >= 15 is 0 Å². The second-order valence-corrected chi connectivity index (χ2v) is 6.16. The van der Waals surface area contributed by atoms with Gasteiger partial charge in [-0.1, -0.05) is 35.9 Å². The Bertz CT molecular complexity index is 926. The van der Waals surface area contributed by atoms with E-state index in [4.69, 9.17) is 16.0 Å². The largest absolute Gasteiger partial charge is 0.459 e. The number of nitrogens with one attached hydrogen (secondary N) is 3. The van der Waals surface area contributed by atoms with Crippen molar-refractivity contribution in [2.75, 3.05) is 17.2 Å². The summed E-state index contributed by atoms with van der Waals surface area (Å²) in [5, 5.41) is 9.20. The first-order valence-corrected chi connectivity index (χ1v) is 8.68. The van der Waals surface area contributed by atoms with E-state index in [2.05, 4.69) is 16.0 Å². The van der Waals surface area contributed by atoms with E-state index in [9.17, 15) is 9.59 Å². The first-order chi connectivity index (χ1) is 13.1. The van der Waals surface area contributed by atoms with Crippen LogP contribution < -0.4 is 16.0 Å². The number of rotatable bonds is 7. The maximum absolute atomic E-state index is 12.1. The molecule has 0 atom stereocenters. The Hall–Kier alpha value is -3.09. The molecule has 0 fully saturated rings. The number of carbonyl (C=O) groups excluding carboxylic acids is 2. The van der Waals surface area contributed by atoms with E-state index in [1.807, 2.05) is 18.2 Å². The summed E-state index contributed by atoms with van der Waals surface area (Å²) >= 11 is 6.08. The molecule has 27 heavy (non-hydrogen) atoms. The molecular weight excluding hydrogens is 366 g/mol. The van der Waals surface area contributed by atoms with Crippen LogP contribution in [0.1, 0.15) is 16.1 Å². The van der Waals surface area contributed by atoms with Gasteiger partial charge < -0.3 is 20.4 Å². The number of furan rings is 1. The summed E-state index contributed by atoms with van der Waals surface area (Å²) in [4.78, 5) is 24.1. The maximum atomic E-state index is 12.1. The fourth-order valence-electron chi connectivity index (χ4n) is 2.43. The van der Waals surface area contributed by atoms with Gasteiger partial charge in [0.15, 0.2) is 5.76 Å². The van der Waals surface area contributed by atoms with Crippen LogP contribution in [0.5, 0.6) is 0 Å². The predicted octanol–water partition coefficient (Wildman–Crippen LogP) is 3.91.